The quantitative estimate of drug-likeness (QED) is 0.572. The Hall–Kier alpha value is -3.81. The normalized spacial score (nSPS) is 11.1. The average Bonchev–Trinajstić information content (AvgIpc) is 3.06. The van der Waals surface area contributed by atoms with E-state index in [1.54, 1.807) is 19.1 Å². The number of rotatable bonds is 3. The second kappa shape index (κ2) is 6.41. The first-order chi connectivity index (χ1) is 13.4. The molecule has 1 amide bonds. The zero-order valence-corrected chi connectivity index (χ0v) is 14.7. The summed E-state index contributed by atoms with van der Waals surface area (Å²) in [6, 6.07) is 9.71. The van der Waals surface area contributed by atoms with Crippen molar-refractivity contribution in [2.24, 2.45) is 5.73 Å². The van der Waals surface area contributed by atoms with Crippen LogP contribution in [0.5, 0.6) is 0 Å². The lowest BCUT2D eigenvalue weighted by molar-refractivity contribution is 0.100. The van der Waals surface area contributed by atoms with Gasteiger partial charge in [0.15, 0.2) is 11.6 Å². The topological polar surface area (TPSA) is 93.8 Å². The molecule has 0 radical (unpaired) electrons. The van der Waals surface area contributed by atoms with Gasteiger partial charge in [-0.05, 0) is 36.8 Å². The fourth-order valence-electron chi connectivity index (χ4n) is 3.19. The monoisotopic (exact) mass is 380 g/mol. The molecule has 140 valence electrons. The fourth-order valence-corrected chi connectivity index (χ4v) is 3.19. The number of aromatic amines is 1. The second-order valence-corrected chi connectivity index (χ2v) is 6.30. The highest BCUT2D eigenvalue weighted by Crippen LogP contribution is 2.31. The third kappa shape index (κ3) is 2.66. The molecule has 0 bridgehead atoms. The van der Waals surface area contributed by atoms with Crippen molar-refractivity contribution in [3.05, 3.63) is 81.8 Å². The van der Waals surface area contributed by atoms with E-state index in [1.807, 2.05) is 0 Å². The average molecular weight is 380 g/mol. The standard InChI is InChI=1S/C20H14F2N4O2/c1-10-9-24-20(28)15-16(11-4-2-5-12(8-11)19(23)27)25-26(17(10)15)18-13(21)6-3-7-14(18)22/h2-9H,1H3,(H2,23,27)(H,24,28). The number of hydrogen-bond acceptors (Lipinski definition) is 3. The number of fused-ring (bicyclic) bond motifs is 1. The van der Waals surface area contributed by atoms with E-state index in [2.05, 4.69) is 10.1 Å². The lowest BCUT2D eigenvalue weighted by Gasteiger charge is -2.07. The van der Waals surface area contributed by atoms with Gasteiger partial charge in [0, 0.05) is 17.3 Å². The SMILES string of the molecule is Cc1c[nH]c(=O)c2c(-c3cccc(C(N)=O)c3)nn(-c3c(F)cccc3F)c12. The van der Waals surface area contributed by atoms with E-state index in [9.17, 15) is 18.4 Å². The Labute approximate surface area is 157 Å². The van der Waals surface area contributed by atoms with Gasteiger partial charge in [0.2, 0.25) is 5.91 Å². The van der Waals surface area contributed by atoms with Crippen LogP contribution in [0.4, 0.5) is 8.78 Å². The van der Waals surface area contributed by atoms with Gasteiger partial charge in [-0.1, -0.05) is 18.2 Å². The molecule has 0 aliphatic rings. The van der Waals surface area contributed by atoms with Gasteiger partial charge in [-0.15, -0.1) is 0 Å². The summed E-state index contributed by atoms with van der Waals surface area (Å²) in [4.78, 5) is 26.7. The molecule has 0 atom stereocenters. The van der Waals surface area contributed by atoms with Gasteiger partial charge >= 0.3 is 0 Å². The van der Waals surface area contributed by atoms with Crippen molar-refractivity contribution in [1.29, 1.82) is 0 Å². The number of aryl methyl sites for hydroxylation is 1. The van der Waals surface area contributed by atoms with Crippen LogP contribution in [0.15, 0.2) is 53.5 Å². The van der Waals surface area contributed by atoms with Gasteiger partial charge in [-0.3, -0.25) is 9.59 Å². The summed E-state index contributed by atoms with van der Waals surface area (Å²) in [6.07, 6.45) is 1.45. The van der Waals surface area contributed by atoms with Gasteiger partial charge in [0.05, 0.1) is 10.9 Å². The number of para-hydroxylation sites is 1. The highest BCUT2D eigenvalue weighted by molar-refractivity contribution is 5.98. The second-order valence-electron chi connectivity index (χ2n) is 6.30. The molecule has 4 rings (SSSR count). The smallest absolute Gasteiger partial charge is 0.259 e. The van der Waals surface area contributed by atoms with Gasteiger partial charge in [-0.2, -0.15) is 5.10 Å². The van der Waals surface area contributed by atoms with Gasteiger partial charge in [0.25, 0.3) is 5.56 Å². The van der Waals surface area contributed by atoms with Crippen molar-refractivity contribution in [3.8, 4) is 16.9 Å². The Bertz CT molecular complexity index is 1290. The van der Waals surface area contributed by atoms with Gasteiger partial charge in [0.1, 0.15) is 11.4 Å². The van der Waals surface area contributed by atoms with Crippen molar-refractivity contribution in [2.75, 3.05) is 0 Å². The largest absolute Gasteiger partial charge is 0.366 e. The van der Waals surface area contributed by atoms with Crippen LogP contribution in [0, 0.1) is 18.6 Å². The molecule has 0 unspecified atom stereocenters. The van der Waals surface area contributed by atoms with E-state index in [0.717, 1.165) is 16.8 Å². The number of nitrogens with zero attached hydrogens (tertiary/aromatic N) is 2. The zero-order valence-electron chi connectivity index (χ0n) is 14.7. The lowest BCUT2D eigenvalue weighted by Crippen LogP contribution is -2.10. The van der Waals surface area contributed by atoms with Crippen LogP contribution in [0.1, 0.15) is 15.9 Å². The first-order valence-corrected chi connectivity index (χ1v) is 8.34. The first kappa shape index (κ1) is 17.6. The Balaban J connectivity index is 2.13. The van der Waals surface area contributed by atoms with Crippen LogP contribution in [-0.2, 0) is 0 Å². The highest BCUT2D eigenvalue weighted by atomic mass is 19.1. The van der Waals surface area contributed by atoms with E-state index in [0.29, 0.717) is 11.1 Å². The summed E-state index contributed by atoms with van der Waals surface area (Å²) >= 11 is 0. The molecule has 8 heteroatoms. The van der Waals surface area contributed by atoms with E-state index in [4.69, 9.17) is 5.73 Å². The molecule has 6 nitrogen and oxygen atoms in total. The van der Waals surface area contributed by atoms with E-state index in [1.165, 1.54) is 24.4 Å². The maximum absolute atomic E-state index is 14.4. The van der Waals surface area contributed by atoms with Crippen molar-refractivity contribution in [3.63, 3.8) is 0 Å². The summed E-state index contributed by atoms with van der Waals surface area (Å²) in [5, 5.41) is 4.49. The third-order valence-electron chi connectivity index (χ3n) is 4.48. The Morgan fingerprint density at radius 3 is 2.50 bits per heavy atom. The molecule has 2 aromatic carbocycles. The molecule has 28 heavy (non-hydrogen) atoms. The molecule has 2 heterocycles. The van der Waals surface area contributed by atoms with Crippen LogP contribution in [0.2, 0.25) is 0 Å². The molecular formula is C20H14F2N4O2. The van der Waals surface area contributed by atoms with Crippen LogP contribution < -0.4 is 11.3 Å². The van der Waals surface area contributed by atoms with Crippen molar-refractivity contribution >= 4 is 16.8 Å². The molecule has 0 aliphatic heterocycles. The number of nitrogens with one attached hydrogen (secondary N) is 1. The van der Waals surface area contributed by atoms with Gasteiger partial charge in [-0.25, -0.2) is 13.5 Å². The molecule has 0 spiro atoms. The summed E-state index contributed by atoms with van der Waals surface area (Å²) in [5.74, 6) is -2.28. The zero-order chi connectivity index (χ0) is 20.0. The number of H-pyrrole nitrogens is 1. The molecule has 0 aliphatic carbocycles. The van der Waals surface area contributed by atoms with Crippen molar-refractivity contribution in [1.82, 2.24) is 14.8 Å². The lowest BCUT2D eigenvalue weighted by atomic mass is 10.0. The number of hydrogen-bond donors (Lipinski definition) is 2. The minimum absolute atomic E-state index is 0.157. The highest BCUT2D eigenvalue weighted by Gasteiger charge is 2.22. The molecule has 4 aromatic rings. The Morgan fingerprint density at radius 1 is 1.14 bits per heavy atom. The van der Waals surface area contributed by atoms with Gasteiger partial charge < -0.3 is 10.7 Å². The number of pyridine rings is 1. The minimum atomic E-state index is -0.818. The summed E-state index contributed by atoms with van der Waals surface area (Å²) in [7, 11) is 0. The maximum atomic E-state index is 14.4. The van der Waals surface area contributed by atoms with Crippen LogP contribution in [-0.4, -0.2) is 20.7 Å². The van der Waals surface area contributed by atoms with Crippen molar-refractivity contribution in [2.45, 2.75) is 6.92 Å². The number of halogens is 2. The maximum Gasteiger partial charge on any atom is 0.259 e. The molecule has 0 saturated heterocycles. The number of nitrogens with two attached hydrogens (primary N) is 1. The number of carbonyl (C=O) groups excluding carboxylic acids is 1. The van der Waals surface area contributed by atoms with E-state index < -0.39 is 28.8 Å². The molecule has 3 N–H and O–H groups in total. The minimum Gasteiger partial charge on any atom is -0.366 e. The third-order valence-corrected chi connectivity index (χ3v) is 4.48. The fraction of sp³-hybridized carbons (Fsp3) is 0.0500. The summed E-state index contributed by atoms with van der Waals surface area (Å²) < 4.78 is 29.9. The van der Waals surface area contributed by atoms with E-state index >= 15 is 0 Å². The molecule has 2 aromatic heterocycles. The Kier molecular flexibility index (Phi) is 4.03. The van der Waals surface area contributed by atoms with E-state index in [-0.39, 0.29) is 22.2 Å². The Morgan fingerprint density at radius 2 is 1.82 bits per heavy atom. The summed E-state index contributed by atoms with van der Waals surface area (Å²) in [6.45, 7) is 1.69. The number of amides is 1. The van der Waals surface area contributed by atoms with Crippen LogP contribution in [0.3, 0.4) is 0 Å². The predicted octanol–water partition coefficient (Wildman–Crippen LogP) is 3.07. The van der Waals surface area contributed by atoms with Crippen molar-refractivity contribution < 1.29 is 13.6 Å². The molecule has 0 fully saturated rings. The first-order valence-electron chi connectivity index (χ1n) is 8.34. The predicted molar refractivity (Wildman–Crippen MR) is 100 cm³/mol. The number of primary amides is 1. The molecular weight excluding hydrogens is 366 g/mol. The summed E-state index contributed by atoms with van der Waals surface area (Å²) in [5.41, 5.74) is 6.15. The van der Waals surface area contributed by atoms with Crippen LogP contribution in [0.25, 0.3) is 27.8 Å². The molecule has 0 saturated carbocycles. The van der Waals surface area contributed by atoms with Crippen LogP contribution >= 0.6 is 0 Å². The number of carbonyl (C=O) groups is 1. The number of aromatic nitrogens is 3. The number of benzene rings is 2.